The van der Waals surface area contributed by atoms with Gasteiger partial charge in [0.25, 0.3) is 5.92 Å². The number of hydrogen-bond acceptors (Lipinski definition) is 4. The fourth-order valence-electron chi connectivity index (χ4n) is 2.67. The standard InChI is InChI=1S/C16H23F2N3O3S.ClH/c1-12-4-6-14(7-5-12)25(23,24)21-8-2-3-13(9-21)15(22)20-11-16(17,18)10-19;/h4-7,13H,2-3,8-11,19H2,1H3,(H,20,22);1H. The molecule has 1 amide bonds. The molecule has 1 saturated heterocycles. The van der Waals surface area contributed by atoms with E-state index in [1.165, 1.54) is 16.4 Å². The summed E-state index contributed by atoms with van der Waals surface area (Å²) < 4.78 is 52.9. The van der Waals surface area contributed by atoms with Crippen molar-refractivity contribution in [3.8, 4) is 0 Å². The monoisotopic (exact) mass is 411 g/mol. The number of nitrogens with one attached hydrogen (secondary N) is 1. The zero-order valence-corrected chi connectivity index (χ0v) is 16.1. The molecule has 0 aromatic heterocycles. The molecule has 148 valence electrons. The van der Waals surface area contributed by atoms with Crippen LogP contribution in [0.15, 0.2) is 29.2 Å². The molecule has 1 heterocycles. The van der Waals surface area contributed by atoms with Crippen molar-refractivity contribution in [3.63, 3.8) is 0 Å². The molecule has 1 aliphatic heterocycles. The second-order valence-electron chi connectivity index (χ2n) is 6.29. The Morgan fingerprint density at radius 3 is 2.54 bits per heavy atom. The zero-order valence-electron chi connectivity index (χ0n) is 14.5. The smallest absolute Gasteiger partial charge is 0.277 e. The summed E-state index contributed by atoms with van der Waals surface area (Å²) in [4.78, 5) is 12.3. The van der Waals surface area contributed by atoms with Crippen molar-refractivity contribution in [1.82, 2.24) is 9.62 Å². The van der Waals surface area contributed by atoms with Crippen LogP contribution in [0.5, 0.6) is 0 Å². The van der Waals surface area contributed by atoms with E-state index in [1.54, 1.807) is 12.1 Å². The molecule has 0 bridgehead atoms. The maximum Gasteiger partial charge on any atom is 0.277 e. The highest BCUT2D eigenvalue weighted by atomic mass is 35.5. The largest absolute Gasteiger partial charge is 0.350 e. The van der Waals surface area contributed by atoms with Crippen LogP contribution in [-0.4, -0.2) is 50.7 Å². The number of amides is 1. The van der Waals surface area contributed by atoms with E-state index < -0.39 is 40.9 Å². The molecule has 26 heavy (non-hydrogen) atoms. The van der Waals surface area contributed by atoms with Crippen LogP contribution < -0.4 is 11.1 Å². The Bertz CT molecular complexity index is 714. The van der Waals surface area contributed by atoms with E-state index >= 15 is 0 Å². The average Bonchev–Trinajstić information content (AvgIpc) is 2.60. The summed E-state index contributed by atoms with van der Waals surface area (Å²) in [7, 11) is -3.71. The first-order valence-corrected chi connectivity index (χ1v) is 9.52. The Morgan fingerprint density at radius 1 is 1.35 bits per heavy atom. The van der Waals surface area contributed by atoms with Gasteiger partial charge in [-0.05, 0) is 31.9 Å². The second-order valence-corrected chi connectivity index (χ2v) is 8.23. The summed E-state index contributed by atoms with van der Waals surface area (Å²) >= 11 is 0. The SMILES string of the molecule is Cc1ccc(S(=O)(=O)N2CCCC(C(=O)NCC(F)(F)CN)C2)cc1.Cl. The van der Waals surface area contributed by atoms with Crippen LogP contribution in [0.25, 0.3) is 0 Å². The van der Waals surface area contributed by atoms with E-state index in [0.717, 1.165) is 5.56 Å². The van der Waals surface area contributed by atoms with E-state index in [1.807, 2.05) is 6.92 Å². The second kappa shape index (κ2) is 9.07. The molecule has 0 radical (unpaired) electrons. The van der Waals surface area contributed by atoms with Gasteiger partial charge in [0.15, 0.2) is 0 Å². The first-order valence-electron chi connectivity index (χ1n) is 8.08. The first-order chi connectivity index (χ1) is 11.7. The van der Waals surface area contributed by atoms with Gasteiger partial charge in [0, 0.05) is 13.1 Å². The van der Waals surface area contributed by atoms with Gasteiger partial charge in [0.1, 0.15) is 0 Å². The van der Waals surface area contributed by atoms with Gasteiger partial charge in [-0.1, -0.05) is 17.7 Å². The van der Waals surface area contributed by atoms with Crippen molar-refractivity contribution in [1.29, 1.82) is 0 Å². The Kier molecular flexibility index (Phi) is 7.94. The number of halogens is 3. The van der Waals surface area contributed by atoms with E-state index in [0.29, 0.717) is 19.4 Å². The van der Waals surface area contributed by atoms with Crippen molar-refractivity contribution in [2.24, 2.45) is 11.7 Å². The summed E-state index contributed by atoms with van der Waals surface area (Å²) in [6.45, 7) is 0.444. The van der Waals surface area contributed by atoms with Crippen molar-refractivity contribution >= 4 is 28.3 Å². The molecule has 6 nitrogen and oxygen atoms in total. The van der Waals surface area contributed by atoms with Crippen LogP contribution in [0.3, 0.4) is 0 Å². The number of carbonyl (C=O) groups excluding carboxylic acids is 1. The van der Waals surface area contributed by atoms with Gasteiger partial charge in [-0.2, -0.15) is 4.31 Å². The van der Waals surface area contributed by atoms with Crippen LogP contribution in [0.2, 0.25) is 0 Å². The van der Waals surface area contributed by atoms with Gasteiger partial charge in [0.2, 0.25) is 15.9 Å². The summed E-state index contributed by atoms with van der Waals surface area (Å²) in [5.41, 5.74) is 5.88. The van der Waals surface area contributed by atoms with Crippen LogP contribution in [0, 0.1) is 12.8 Å². The van der Waals surface area contributed by atoms with Gasteiger partial charge >= 0.3 is 0 Å². The number of sulfonamides is 1. The molecule has 2 rings (SSSR count). The predicted octanol–water partition coefficient (Wildman–Crippen LogP) is 1.53. The van der Waals surface area contributed by atoms with Crippen molar-refractivity contribution in [2.45, 2.75) is 30.6 Å². The molecule has 10 heteroatoms. The number of hydrogen-bond donors (Lipinski definition) is 2. The minimum Gasteiger partial charge on any atom is -0.350 e. The number of aryl methyl sites for hydroxylation is 1. The normalized spacial score (nSPS) is 18.8. The molecular formula is C16H24ClF2N3O3S. The lowest BCUT2D eigenvalue weighted by Gasteiger charge is -2.31. The van der Waals surface area contributed by atoms with Gasteiger partial charge in [-0.15, -0.1) is 12.4 Å². The third-order valence-electron chi connectivity index (χ3n) is 4.23. The van der Waals surface area contributed by atoms with Gasteiger partial charge in [0.05, 0.1) is 23.9 Å². The lowest BCUT2D eigenvalue weighted by atomic mass is 9.99. The van der Waals surface area contributed by atoms with Crippen LogP contribution >= 0.6 is 12.4 Å². The highest BCUT2D eigenvalue weighted by molar-refractivity contribution is 7.89. The first kappa shape index (κ1) is 22.8. The minimum atomic E-state index is -3.71. The van der Waals surface area contributed by atoms with Gasteiger partial charge in [-0.25, -0.2) is 17.2 Å². The summed E-state index contributed by atoms with van der Waals surface area (Å²) in [6.07, 6.45) is 0.955. The van der Waals surface area contributed by atoms with E-state index in [9.17, 15) is 22.0 Å². The Labute approximate surface area is 158 Å². The molecular weight excluding hydrogens is 388 g/mol. The maximum absolute atomic E-state index is 13.2. The van der Waals surface area contributed by atoms with E-state index in [2.05, 4.69) is 5.32 Å². The molecule has 1 fully saturated rings. The molecule has 1 aromatic carbocycles. The molecule has 1 unspecified atom stereocenters. The lowest BCUT2D eigenvalue weighted by molar-refractivity contribution is -0.127. The van der Waals surface area contributed by atoms with Crippen LogP contribution in [-0.2, 0) is 14.8 Å². The summed E-state index contributed by atoms with van der Waals surface area (Å²) in [5.74, 6) is -4.39. The van der Waals surface area contributed by atoms with Crippen molar-refractivity contribution < 1.29 is 22.0 Å². The number of nitrogens with zero attached hydrogens (tertiary/aromatic N) is 1. The fourth-order valence-corrected chi connectivity index (χ4v) is 4.19. The van der Waals surface area contributed by atoms with Crippen molar-refractivity contribution in [2.75, 3.05) is 26.2 Å². The molecule has 3 N–H and O–H groups in total. The highest BCUT2D eigenvalue weighted by Gasteiger charge is 2.34. The maximum atomic E-state index is 13.2. The predicted molar refractivity (Wildman–Crippen MR) is 96.9 cm³/mol. The lowest BCUT2D eigenvalue weighted by Crippen LogP contribution is -2.48. The quantitative estimate of drug-likeness (QED) is 0.742. The molecule has 1 atom stereocenters. The number of benzene rings is 1. The number of rotatable bonds is 6. The Hall–Kier alpha value is -1.29. The number of nitrogens with two attached hydrogens (primary N) is 1. The number of alkyl halides is 2. The van der Waals surface area contributed by atoms with E-state index in [4.69, 9.17) is 5.73 Å². The van der Waals surface area contributed by atoms with E-state index in [-0.39, 0.29) is 23.8 Å². The fraction of sp³-hybridized carbons (Fsp3) is 0.562. The van der Waals surface area contributed by atoms with Crippen LogP contribution in [0.1, 0.15) is 18.4 Å². The molecule has 1 aliphatic rings. The third-order valence-corrected chi connectivity index (χ3v) is 6.11. The molecule has 0 aliphatic carbocycles. The topological polar surface area (TPSA) is 92.5 Å². The summed E-state index contributed by atoms with van der Waals surface area (Å²) in [5, 5.41) is 2.17. The minimum absolute atomic E-state index is 0. The summed E-state index contributed by atoms with van der Waals surface area (Å²) in [6, 6.07) is 6.46. The van der Waals surface area contributed by atoms with Crippen molar-refractivity contribution in [3.05, 3.63) is 29.8 Å². The molecule has 0 saturated carbocycles. The molecule has 1 aromatic rings. The van der Waals surface area contributed by atoms with Gasteiger partial charge in [-0.3, -0.25) is 4.79 Å². The van der Waals surface area contributed by atoms with Crippen LogP contribution in [0.4, 0.5) is 8.78 Å². The molecule has 0 spiro atoms. The zero-order chi connectivity index (χ0) is 18.7. The Balaban J connectivity index is 0.00000338. The average molecular weight is 412 g/mol. The number of piperidine rings is 1. The highest BCUT2D eigenvalue weighted by Crippen LogP contribution is 2.24. The van der Waals surface area contributed by atoms with Gasteiger partial charge < -0.3 is 11.1 Å². The number of carbonyl (C=O) groups is 1. The Morgan fingerprint density at radius 2 is 1.96 bits per heavy atom. The third kappa shape index (κ3) is 5.60.